The van der Waals surface area contributed by atoms with E-state index in [1.165, 1.54) is 44.8 Å². The molecular formula is C29H31ClN8O5S2. The number of aromatic nitrogens is 4. The number of hydrogen-bond acceptors (Lipinski definition) is 11. The molecular weight excluding hydrogens is 640 g/mol. The molecule has 2 aromatic heterocycles. The molecule has 45 heavy (non-hydrogen) atoms. The maximum absolute atomic E-state index is 13.7. The molecule has 0 unspecified atom stereocenters. The fraction of sp³-hybridized carbons (Fsp3) is 0.241. The zero-order chi connectivity index (χ0) is 32.8. The Morgan fingerprint density at radius 3 is 2.38 bits per heavy atom. The first-order valence-electron chi connectivity index (χ1n) is 13.3. The predicted molar refractivity (Wildman–Crippen MR) is 173 cm³/mol. The molecule has 4 rings (SSSR count). The Kier molecular flexibility index (Phi) is 10.5. The van der Waals surface area contributed by atoms with Gasteiger partial charge < -0.3 is 15.2 Å². The highest BCUT2D eigenvalue weighted by Crippen LogP contribution is 2.42. The van der Waals surface area contributed by atoms with Crippen molar-refractivity contribution in [2.75, 3.05) is 24.6 Å². The van der Waals surface area contributed by atoms with Crippen LogP contribution in [0.3, 0.4) is 0 Å². The molecule has 236 valence electrons. The number of amides is 1. The summed E-state index contributed by atoms with van der Waals surface area (Å²) in [5, 5.41) is 2.71. The largest absolute Gasteiger partial charge is 0.497 e. The molecule has 0 aliphatic heterocycles. The first-order chi connectivity index (χ1) is 21.3. The molecule has 16 heteroatoms. The van der Waals surface area contributed by atoms with Crippen LogP contribution in [0.1, 0.15) is 26.3 Å². The molecule has 0 aliphatic rings. The molecule has 2 aromatic carbocycles. The summed E-state index contributed by atoms with van der Waals surface area (Å²) in [5.74, 6) is -0.535. The van der Waals surface area contributed by atoms with Crippen molar-refractivity contribution in [3.05, 3.63) is 71.5 Å². The Morgan fingerprint density at radius 2 is 1.76 bits per heavy atom. The van der Waals surface area contributed by atoms with Crippen molar-refractivity contribution in [1.82, 2.24) is 25.3 Å². The number of anilines is 1. The van der Waals surface area contributed by atoms with Crippen molar-refractivity contribution >= 4 is 51.1 Å². The molecule has 1 amide bonds. The normalized spacial score (nSPS) is 12.0. The number of thioether (sulfide) groups is 1. The van der Waals surface area contributed by atoms with E-state index in [-0.39, 0.29) is 61.0 Å². The standard InChI is InChI=1S/C29H31ClN8O5S2/c1-29(2,3)17-7-10-19(11-8-17)45(40,41)38-24-23(43-21-15-18(42-5)9-12-20(21)30)27(44-16-22(39)35-28(31)32-4)37-26(36-24)25-33-13-6-14-34-25/h6-15H,16H2,1-5H3,(H,36,37,38)(H3,31,32,35,39). The molecule has 0 aliphatic carbocycles. The molecule has 0 saturated heterocycles. The van der Waals surface area contributed by atoms with Crippen molar-refractivity contribution < 1.29 is 22.7 Å². The van der Waals surface area contributed by atoms with E-state index >= 15 is 0 Å². The maximum Gasteiger partial charge on any atom is 0.263 e. The van der Waals surface area contributed by atoms with Gasteiger partial charge in [0.25, 0.3) is 10.0 Å². The number of halogens is 1. The monoisotopic (exact) mass is 670 g/mol. The summed E-state index contributed by atoms with van der Waals surface area (Å²) in [5.41, 5.74) is 6.41. The molecule has 4 N–H and O–H groups in total. The van der Waals surface area contributed by atoms with Gasteiger partial charge in [-0.3, -0.25) is 19.8 Å². The van der Waals surface area contributed by atoms with Crippen LogP contribution in [-0.2, 0) is 20.2 Å². The van der Waals surface area contributed by atoms with Gasteiger partial charge in [-0.1, -0.05) is 56.3 Å². The number of carbonyl (C=O) groups is 1. The quantitative estimate of drug-likeness (QED) is 0.0924. The second-order valence-electron chi connectivity index (χ2n) is 10.3. The summed E-state index contributed by atoms with van der Waals surface area (Å²) in [6.07, 6.45) is 2.97. The number of nitrogens with one attached hydrogen (secondary N) is 2. The number of guanidine groups is 1. The number of rotatable bonds is 10. The van der Waals surface area contributed by atoms with E-state index in [4.69, 9.17) is 26.8 Å². The Balaban J connectivity index is 1.86. The van der Waals surface area contributed by atoms with E-state index in [9.17, 15) is 13.2 Å². The number of benzene rings is 2. The van der Waals surface area contributed by atoms with Gasteiger partial charge >= 0.3 is 0 Å². The lowest BCUT2D eigenvalue weighted by molar-refractivity contribution is -0.117. The van der Waals surface area contributed by atoms with Gasteiger partial charge in [0.1, 0.15) is 16.5 Å². The number of carbonyl (C=O) groups excluding carboxylic acids is 1. The molecule has 0 fully saturated rings. The SMILES string of the molecule is CN=C(N)NC(=O)CSc1nc(-c2ncccn2)nc(NS(=O)(=O)c2ccc(C(C)(C)C)cc2)c1Oc1cc(OC)ccc1Cl. The maximum atomic E-state index is 13.7. The third-order valence-corrected chi connectivity index (χ3v) is 8.68. The fourth-order valence-electron chi connectivity index (χ4n) is 3.69. The number of aliphatic imine (C=N–C) groups is 1. The topological polar surface area (TPSA) is 184 Å². The summed E-state index contributed by atoms with van der Waals surface area (Å²) in [4.78, 5) is 33.7. The van der Waals surface area contributed by atoms with Gasteiger partial charge in [-0.15, -0.1) is 0 Å². The van der Waals surface area contributed by atoms with Crippen LogP contribution in [0, 0.1) is 0 Å². The van der Waals surface area contributed by atoms with Gasteiger partial charge in [-0.25, -0.2) is 28.4 Å². The third kappa shape index (κ3) is 8.59. The average molecular weight is 671 g/mol. The van der Waals surface area contributed by atoms with Gasteiger partial charge in [-0.05, 0) is 41.3 Å². The number of nitrogens with zero attached hydrogens (tertiary/aromatic N) is 5. The molecule has 0 bridgehead atoms. The van der Waals surface area contributed by atoms with E-state index in [1.807, 2.05) is 20.8 Å². The predicted octanol–water partition coefficient (Wildman–Crippen LogP) is 4.64. The van der Waals surface area contributed by atoms with Crippen molar-refractivity contribution in [2.24, 2.45) is 10.7 Å². The van der Waals surface area contributed by atoms with Gasteiger partial charge in [0.2, 0.25) is 17.5 Å². The number of nitrogens with two attached hydrogens (primary N) is 1. The van der Waals surface area contributed by atoms with Crippen LogP contribution >= 0.6 is 23.4 Å². The van der Waals surface area contributed by atoms with Crippen LogP contribution in [0.2, 0.25) is 5.02 Å². The molecule has 0 atom stereocenters. The highest BCUT2D eigenvalue weighted by molar-refractivity contribution is 8.00. The van der Waals surface area contributed by atoms with Gasteiger partial charge in [0.05, 0.1) is 22.8 Å². The molecule has 0 spiro atoms. The van der Waals surface area contributed by atoms with Crippen LogP contribution in [0.4, 0.5) is 5.82 Å². The van der Waals surface area contributed by atoms with E-state index in [2.05, 4.69) is 35.0 Å². The van der Waals surface area contributed by atoms with Gasteiger partial charge in [-0.2, -0.15) is 0 Å². The Bertz CT molecular complexity index is 1820. The Hall–Kier alpha value is -4.47. The number of methoxy groups -OCH3 is 1. The van der Waals surface area contributed by atoms with Crippen molar-refractivity contribution in [3.8, 4) is 28.9 Å². The smallest absolute Gasteiger partial charge is 0.263 e. The first kappa shape index (κ1) is 33.4. The zero-order valence-electron chi connectivity index (χ0n) is 25.0. The Labute approximate surface area is 270 Å². The molecule has 4 aromatic rings. The minimum Gasteiger partial charge on any atom is -0.497 e. The first-order valence-corrected chi connectivity index (χ1v) is 16.1. The van der Waals surface area contributed by atoms with Crippen LogP contribution < -0.4 is 25.2 Å². The van der Waals surface area contributed by atoms with E-state index in [0.717, 1.165) is 17.3 Å². The summed E-state index contributed by atoms with van der Waals surface area (Å²) in [6.45, 7) is 6.08. The summed E-state index contributed by atoms with van der Waals surface area (Å²) < 4.78 is 41.4. The van der Waals surface area contributed by atoms with Crippen LogP contribution in [0.25, 0.3) is 11.6 Å². The van der Waals surface area contributed by atoms with Crippen molar-refractivity contribution in [1.29, 1.82) is 0 Å². The minimum absolute atomic E-state index is 0.0140. The molecule has 0 saturated carbocycles. The molecule has 13 nitrogen and oxygen atoms in total. The minimum atomic E-state index is -4.22. The fourth-order valence-corrected chi connectivity index (χ4v) is 5.61. The number of sulfonamides is 1. The van der Waals surface area contributed by atoms with E-state index in [1.54, 1.807) is 30.3 Å². The highest BCUT2D eigenvalue weighted by Gasteiger charge is 2.26. The highest BCUT2D eigenvalue weighted by atomic mass is 35.5. The zero-order valence-corrected chi connectivity index (χ0v) is 27.4. The number of hydrogen-bond donors (Lipinski definition) is 3. The number of ether oxygens (including phenoxy) is 2. The lowest BCUT2D eigenvalue weighted by Crippen LogP contribution is -2.37. The average Bonchev–Trinajstić information content (AvgIpc) is 3.01. The molecule has 0 radical (unpaired) electrons. The lowest BCUT2D eigenvalue weighted by atomic mass is 9.87. The van der Waals surface area contributed by atoms with Crippen LogP contribution in [-0.4, -0.2) is 60.1 Å². The van der Waals surface area contributed by atoms with E-state index in [0.29, 0.717) is 5.75 Å². The third-order valence-electron chi connectivity index (χ3n) is 6.06. The summed E-state index contributed by atoms with van der Waals surface area (Å²) in [7, 11) is -1.32. The second kappa shape index (κ2) is 14.1. The van der Waals surface area contributed by atoms with Gasteiger partial charge in [0.15, 0.2) is 17.6 Å². The summed E-state index contributed by atoms with van der Waals surface area (Å²) in [6, 6.07) is 12.8. The Morgan fingerprint density at radius 1 is 1.07 bits per heavy atom. The van der Waals surface area contributed by atoms with Crippen molar-refractivity contribution in [3.63, 3.8) is 0 Å². The lowest BCUT2D eigenvalue weighted by Gasteiger charge is -2.20. The van der Waals surface area contributed by atoms with Crippen LogP contribution in [0.5, 0.6) is 17.2 Å². The second-order valence-corrected chi connectivity index (χ2v) is 13.4. The molecule has 2 heterocycles. The van der Waals surface area contributed by atoms with Gasteiger partial charge in [0, 0.05) is 25.5 Å². The van der Waals surface area contributed by atoms with Crippen LogP contribution in [0.15, 0.2) is 75.8 Å². The van der Waals surface area contributed by atoms with Crippen molar-refractivity contribution in [2.45, 2.75) is 36.1 Å². The van der Waals surface area contributed by atoms with E-state index < -0.39 is 15.9 Å². The summed E-state index contributed by atoms with van der Waals surface area (Å²) >= 11 is 7.37.